The van der Waals surface area contributed by atoms with Gasteiger partial charge in [-0.05, 0) is 49.7 Å². The molecule has 34 heavy (non-hydrogen) atoms. The predicted octanol–water partition coefficient (Wildman–Crippen LogP) is 3.24. The molecule has 0 aliphatic carbocycles. The van der Waals surface area contributed by atoms with Crippen LogP contribution in [0.5, 0.6) is 5.88 Å². The van der Waals surface area contributed by atoms with Crippen LogP contribution in [0, 0.1) is 0 Å². The first-order valence-electron chi connectivity index (χ1n) is 10.4. The van der Waals surface area contributed by atoms with E-state index in [0.717, 1.165) is 0 Å². The number of carbonyl (C=O) groups excluding carboxylic acids is 2. The van der Waals surface area contributed by atoms with Crippen LogP contribution in [0.2, 0.25) is 0 Å². The maximum absolute atomic E-state index is 12.6. The molecule has 6 N–H and O–H groups in total. The number of H-pyrrole nitrogens is 1. The number of nitrogens with zero attached hydrogens (tertiary/aromatic N) is 1. The Labute approximate surface area is 195 Å². The van der Waals surface area contributed by atoms with E-state index in [1.54, 1.807) is 62.4 Å². The molecule has 11 nitrogen and oxygen atoms in total. The molecule has 2 aromatic carbocycles. The molecular weight excluding hydrogens is 442 g/mol. The third-order valence-corrected chi connectivity index (χ3v) is 4.53. The summed E-state index contributed by atoms with van der Waals surface area (Å²) < 4.78 is 4.93. The number of amides is 2. The summed E-state index contributed by atoms with van der Waals surface area (Å²) >= 11 is 0. The summed E-state index contributed by atoms with van der Waals surface area (Å²) in [6, 6.07) is 12.2. The van der Waals surface area contributed by atoms with Crippen molar-refractivity contribution < 1.29 is 29.3 Å². The molecule has 178 valence electrons. The number of carboxylic acid groups (broad SMARTS) is 1. The van der Waals surface area contributed by atoms with Gasteiger partial charge in [0.25, 0.3) is 5.91 Å². The summed E-state index contributed by atoms with van der Waals surface area (Å²) in [6.45, 7) is 3.33. The average Bonchev–Trinajstić information content (AvgIpc) is 3.18. The lowest BCUT2D eigenvalue weighted by molar-refractivity contribution is -0.139. The summed E-state index contributed by atoms with van der Waals surface area (Å²) in [5.74, 6) is -1.28. The molecule has 1 aromatic heterocycles. The molecule has 0 spiro atoms. The first-order chi connectivity index (χ1) is 16.2. The van der Waals surface area contributed by atoms with Gasteiger partial charge in [-0.2, -0.15) is 0 Å². The van der Waals surface area contributed by atoms with Gasteiger partial charge in [0.2, 0.25) is 11.8 Å². The molecule has 0 radical (unpaired) electrons. The number of aromatic hydroxyl groups is 1. The van der Waals surface area contributed by atoms with Gasteiger partial charge >= 0.3 is 12.1 Å². The van der Waals surface area contributed by atoms with Gasteiger partial charge in [0.05, 0.1) is 12.3 Å². The summed E-state index contributed by atoms with van der Waals surface area (Å²) in [5, 5.41) is 26.8. The molecule has 0 saturated carbocycles. The van der Waals surface area contributed by atoms with E-state index in [4.69, 9.17) is 4.74 Å². The van der Waals surface area contributed by atoms with Crippen molar-refractivity contribution >= 4 is 35.3 Å². The van der Waals surface area contributed by atoms with Gasteiger partial charge in [-0.25, -0.2) is 14.6 Å². The lowest BCUT2D eigenvalue weighted by Gasteiger charge is -2.16. The normalized spacial score (nSPS) is 11.5. The molecule has 0 fully saturated rings. The van der Waals surface area contributed by atoms with E-state index in [9.17, 15) is 24.6 Å². The van der Waals surface area contributed by atoms with E-state index >= 15 is 0 Å². The minimum Gasteiger partial charge on any atom is -0.493 e. The zero-order valence-electron chi connectivity index (χ0n) is 18.5. The number of hydrogen-bond donors (Lipinski definition) is 6. The monoisotopic (exact) mass is 467 g/mol. The van der Waals surface area contributed by atoms with Gasteiger partial charge in [0, 0.05) is 23.4 Å². The number of rotatable bonds is 9. The molecule has 0 saturated heterocycles. The van der Waals surface area contributed by atoms with Crippen LogP contribution >= 0.6 is 0 Å². The van der Waals surface area contributed by atoms with E-state index in [2.05, 4.69) is 25.9 Å². The quantitative estimate of drug-likeness (QED) is 0.279. The molecule has 1 heterocycles. The number of ether oxygens (including phenoxy) is 1. The highest BCUT2D eigenvalue weighted by atomic mass is 16.6. The second-order valence-corrected chi connectivity index (χ2v) is 7.67. The number of aromatic nitrogens is 2. The number of aromatic amines is 1. The van der Waals surface area contributed by atoms with E-state index in [0.29, 0.717) is 28.5 Å². The fourth-order valence-electron chi connectivity index (χ4n) is 3.00. The number of carboxylic acids is 1. The van der Waals surface area contributed by atoms with Crippen LogP contribution in [0.15, 0.2) is 54.7 Å². The second kappa shape index (κ2) is 10.9. The van der Waals surface area contributed by atoms with Crippen LogP contribution in [0.1, 0.15) is 29.8 Å². The van der Waals surface area contributed by atoms with E-state index in [1.807, 2.05) is 0 Å². The van der Waals surface area contributed by atoms with Crippen LogP contribution in [0.3, 0.4) is 0 Å². The molecular formula is C23H25N5O6. The van der Waals surface area contributed by atoms with Gasteiger partial charge in [0.15, 0.2) is 0 Å². The highest BCUT2D eigenvalue weighted by molar-refractivity contribution is 6.04. The molecule has 11 heteroatoms. The van der Waals surface area contributed by atoms with Gasteiger partial charge < -0.3 is 30.9 Å². The Morgan fingerprint density at radius 3 is 2.44 bits per heavy atom. The molecule has 0 aliphatic heterocycles. The third-order valence-electron chi connectivity index (χ3n) is 4.53. The third kappa shape index (κ3) is 6.99. The lowest BCUT2D eigenvalue weighted by Crippen LogP contribution is -2.43. The minimum atomic E-state index is -1.18. The first-order valence-corrected chi connectivity index (χ1v) is 10.4. The minimum absolute atomic E-state index is 0.0484. The number of aliphatic carboxylic acids is 1. The van der Waals surface area contributed by atoms with Crippen LogP contribution < -0.4 is 16.0 Å². The topological polar surface area (TPSA) is 166 Å². The van der Waals surface area contributed by atoms with Crippen molar-refractivity contribution in [3.63, 3.8) is 0 Å². The molecule has 2 amide bonds. The van der Waals surface area contributed by atoms with Crippen molar-refractivity contribution in [1.29, 1.82) is 0 Å². The smallest absolute Gasteiger partial charge is 0.408 e. The maximum atomic E-state index is 12.6. The summed E-state index contributed by atoms with van der Waals surface area (Å²) in [6.07, 6.45) is 0.140. The Kier molecular flexibility index (Phi) is 7.70. The van der Waals surface area contributed by atoms with Crippen LogP contribution in [0.4, 0.5) is 22.1 Å². The molecule has 0 aliphatic rings. The Morgan fingerprint density at radius 1 is 1.09 bits per heavy atom. The van der Waals surface area contributed by atoms with E-state index in [1.165, 1.54) is 6.20 Å². The molecule has 0 bridgehead atoms. The highest BCUT2D eigenvalue weighted by Crippen LogP contribution is 2.18. The van der Waals surface area contributed by atoms with Gasteiger partial charge in [-0.15, -0.1) is 0 Å². The van der Waals surface area contributed by atoms with E-state index in [-0.39, 0.29) is 24.3 Å². The fourth-order valence-corrected chi connectivity index (χ4v) is 3.00. The predicted molar refractivity (Wildman–Crippen MR) is 124 cm³/mol. The number of carbonyl (C=O) groups is 3. The second-order valence-electron chi connectivity index (χ2n) is 7.67. The van der Waals surface area contributed by atoms with Crippen molar-refractivity contribution in [3.8, 4) is 5.88 Å². The van der Waals surface area contributed by atoms with Crippen molar-refractivity contribution in [2.75, 3.05) is 10.6 Å². The maximum Gasteiger partial charge on any atom is 0.408 e. The SMILES string of the molecule is CC(C)OC(=O)NC(Cc1ccc(NC(=O)c2cccc(Nc3ncc(O)[nH]3)c2)cc1)C(=O)O. The van der Waals surface area contributed by atoms with Gasteiger partial charge in [0.1, 0.15) is 6.04 Å². The van der Waals surface area contributed by atoms with Crippen LogP contribution in [-0.4, -0.2) is 50.3 Å². The van der Waals surface area contributed by atoms with Gasteiger partial charge in [-0.3, -0.25) is 9.78 Å². The summed E-state index contributed by atoms with van der Waals surface area (Å²) in [4.78, 5) is 42.4. The highest BCUT2D eigenvalue weighted by Gasteiger charge is 2.21. The fraction of sp³-hybridized carbons (Fsp3) is 0.217. The first kappa shape index (κ1) is 24.1. The van der Waals surface area contributed by atoms with Crippen LogP contribution in [0.25, 0.3) is 0 Å². The number of nitrogens with one attached hydrogen (secondary N) is 4. The molecule has 3 aromatic rings. The number of hydrogen-bond acceptors (Lipinski definition) is 7. The zero-order chi connectivity index (χ0) is 24.7. The standard InChI is InChI=1S/C23H25N5O6/c1-13(2)34-23(33)27-18(21(31)32)10-14-6-8-16(9-7-14)25-20(30)15-4-3-5-17(11-15)26-22-24-12-19(29)28-22/h3-9,11-13,18,29H,10H2,1-2H3,(H,25,30)(H,27,33)(H,31,32)(H2,24,26,28). The van der Waals surface area contributed by atoms with Crippen LogP contribution in [-0.2, 0) is 16.0 Å². The number of alkyl carbamates (subject to hydrolysis) is 1. The lowest BCUT2D eigenvalue weighted by atomic mass is 10.1. The molecule has 3 rings (SSSR count). The van der Waals surface area contributed by atoms with Crippen molar-refractivity contribution in [2.24, 2.45) is 0 Å². The molecule has 1 unspecified atom stereocenters. The number of benzene rings is 2. The van der Waals surface area contributed by atoms with E-state index < -0.39 is 18.1 Å². The Hall–Kier alpha value is -4.54. The zero-order valence-corrected chi connectivity index (χ0v) is 18.5. The summed E-state index contributed by atoms with van der Waals surface area (Å²) in [7, 11) is 0. The average molecular weight is 467 g/mol. The summed E-state index contributed by atoms with van der Waals surface area (Å²) in [5.41, 5.74) is 2.16. The van der Waals surface area contributed by atoms with Gasteiger partial charge in [-0.1, -0.05) is 18.2 Å². The largest absolute Gasteiger partial charge is 0.493 e. The van der Waals surface area contributed by atoms with Crippen molar-refractivity contribution in [1.82, 2.24) is 15.3 Å². The van der Waals surface area contributed by atoms with Crippen molar-refractivity contribution in [3.05, 3.63) is 65.9 Å². The van der Waals surface area contributed by atoms with Crippen molar-refractivity contribution in [2.45, 2.75) is 32.4 Å². The Balaban J connectivity index is 1.60. The Morgan fingerprint density at radius 2 is 1.82 bits per heavy atom. The number of imidazole rings is 1. The number of anilines is 3. The molecule has 1 atom stereocenters. The Bertz CT molecular complexity index is 1160.